The molecular formula is C16H15N3O4. The number of rotatable bonds is 4. The molecule has 0 N–H and O–H groups in total. The quantitative estimate of drug-likeness (QED) is 0.688. The topological polar surface area (TPSA) is 75.5 Å². The third kappa shape index (κ3) is 2.68. The average Bonchev–Trinajstić information content (AvgIpc) is 3.03. The summed E-state index contributed by atoms with van der Waals surface area (Å²) in [5.74, 6) is 0.801. The molecule has 7 nitrogen and oxygen atoms in total. The molecular weight excluding hydrogens is 298 g/mol. The zero-order valence-corrected chi connectivity index (χ0v) is 12.9. The summed E-state index contributed by atoms with van der Waals surface area (Å²) in [5, 5.41) is 8.79. The van der Waals surface area contributed by atoms with Crippen molar-refractivity contribution in [1.82, 2.24) is 15.0 Å². The number of fused-ring (bicyclic) bond motifs is 1. The van der Waals surface area contributed by atoms with Gasteiger partial charge >= 0.3 is 5.97 Å². The summed E-state index contributed by atoms with van der Waals surface area (Å²) in [6.45, 7) is 0. The molecule has 0 saturated carbocycles. The summed E-state index contributed by atoms with van der Waals surface area (Å²) in [7, 11) is 4.48. The molecule has 23 heavy (non-hydrogen) atoms. The summed E-state index contributed by atoms with van der Waals surface area (Å²) < 4.78 is 15.2. The molecule has 0 spiro atoms. The molecule has 0 amide bonds. The first-order chi connectivity index (χ1) is 11.2. The zero-order chi connectivity index (χ0) is 16.4. The second-order valence-electron chi connectivity index (χ2n) is 4.72. The predicted molar refractivity (Wildman–Crippen MR) is 83.3 cm³/mol. The highest BCUT2D eigenvalue weighted by Crippen LogP contribution is 2.29. The summed E-state index contributed by atoms with van der Waals surface area (Å²) in [5.41, 5.74) is 2.42. The van der Waals surface area contributed by atoms with Crippen LogP contribution in [-0.4, -0.2) is 42.3 Å². The molecule has 2 aromatic carbocycles. The van der Waals surface area contributed by atoms with Gasteiger partial charge in [0.1, 0.15) is 11.0 Å². The van der Waals surface area contributed by atoms with Crippen LogP contribution in [0, 0.1) is 0 Å². The number of nitrogens with zero attached hydrogens (tertiary/aromatic N) is 3. The number of aromatic nitrogens is 3. The van der Waals surface area contributed by atoms with Crippen molar-refractivity contribution in [3.05, 3.63) is 42.0 Å². The Morgan fingerprint density at radius 3 is 2.35 bits per heavy atom. The van der Waals surface area contributed by atoms with Crippen LogP contribution < -0.4 is 9.47 Å². The highest BCUT2D eigenvalue weighted by molar-refractivity contribution is 5.93. The summed E-state index contributed by atoms with van der Waals surface area (Å²) in [4.78, 5) is 13.1. The van der Waals surface area contributed by atoms with Crippen LogP contribution >= 0.6 is 0 Å². The molecule has 7 heteroatoms. The van der Waals surface area contributed by atoms with E-state index in [2.05, 4.69) is 10.2 Å². The van der Waals surface area contributed by atoms with Crippen molar-refractivity contribution in [3.63, 3.8) is 0 Å². The van der Waals surface area contributed by atoms with Gasteiger partial charge in [0.25, 0.3) is 0 Å². The summed E-state index contributed by atoms with van der Waals surface area (Å²) in [6, 6.07) is 10.4. The van der Waals surface area contributed by atoms with Gasteiger partial charge in [-0.2, -0.15) is 4.80 Å². The molecule has 0 saturated heterocycles. The number of carbonyl (C=O) groups excluding carboxylic acids is 1. The Hall–Kier alpha value is -3.09. The van der Waals surface area contributed by atoms with E-state index in [1.54, 1.807) is 44.6 Å². The van der Waals surface area contributed by atoms with Crippen molar-refractivity contribution in [1.29, 1.82) is 0 Å². The SMILES string of the molecule is COC(=O)c1ccc2nn(-c3ccc(OC)c(OC)c3)nc2c1. The first-order valence-electron chi connectivity index (χ1n) is 6.84. The van der Waals surface area contributed by atoms with Crippen LogP contribution in [0.1, 0.15) is 10.4 Å². The number of methoxy groups -OCH3 is 3. The van der Waals surface area contributed by atoms with Crippen LogP contribution in [0.15, 0.2) is 36.4 Å². The third-order valence-corrected chi connectivity index (χ3v) is 3.40. The molecule has 1 aromatic heterocycles. The van der Waals surface area contributed by atoms with Crippen LogP contribution in [0.25, 0.3) is 16.7 Å². The number of carbonyl (C=O) groups is 1. The lowest BCUT2D eigenvalue weighted by Crippen LogP contribution is -2.00. The van der Waals surface area contributed by atoms with E-state index < -0.39 is 5.97 Å². The third-order valence-electron chi connectivity index (χ3n) is 3.40. The standard InChI is InChI=1S/C16H15N3O4/c1-21-14-7-5-11(9-15(14)22-2)19-17-12-6-4-10(16(20)23-3)8-13(12)18-19/h4-9H,1-3H3. The van der Waals surface area contributed by atoms with Crippen LogP contribution in [-0.2, 0) is 4.74 Å². The van der Waals surface area contributed by atoms with E-state index in [0.717, 1.165) is 5.69 Å². The molecule has 0 aliphatic rings. The van der Waals surface area contributed by atoms with E-state index in [9.17, 15) is 4.79 Å². The monoisotopic (exact) mass is 313 g/mol. The van der Waals surface area contributed by atoms with Gasteiger partial charge in [0, 0.05) is 6.07 Å². The van der Waals surface area contributed by atoms with E-state index in [0.29, 0.717) is 28.1 Å². The van der Waals surface area contributed by atoms with Gasteiger partial charge in [-0.15, -0.1) is 10.2 Å². The van der Waals surface area contributed by atoms with E-state index >= 15 is 0 Å². The minimum absolute atomic E-state index is 0.410. The number of benzene rings is 2. The van der Waals surface area contributed by atoms with Crippen LogP contribution in [0.4, 0.5) is 0 Å². The molecule has 0 fully saturated rings. The highest BCUT2D eigenvalue weighted by atomic mass is 16.5. The number of hydrogen-bond acceptors (Lipinski definition) is 6. The fourth-order valence-corrected chi connectivity index (χ4v) is 2.22. The first kappa shape index (κ1) is 14.8. The number of ether oxygens (including phenoxy) is 3. The van der Waals surface area contributed by atoms with Crippen LogP contribution in [0.5, 0.6) is 11.5 Å². The Kier molecular flexibility index (Phi) is 3.84. The van der Waals surface area contributed by atoms with E-state index in [1.165, 1.54) is 11.9 Å². The van der Waals surface area contributed by atoms with Gasteiger partial charge < -0.3 is 14.2 Å². The molecule has 3 rings (SSSR count). The molecule has 0 atom stereocenters. The Labute approximate surface area is 132 Å². The summed E-state index contributed by atoms with van der Waals surface area (Å²) in [6.07, 6.45) is 0. The molecule has 0 radical (unpaired) electrons. The summed E-state index contributed by atoms with van der Waals surface area (Å²) >= 11 is 0. The van der Waals surface area contributed by atoms with Crippen molar-refractivity contribution < 1.29 is 19.0 Å². The Bertz CT molecular complexity index is 873. The van der Waals surface area contributed by atoms with Gasteiger partial charge in [0.05, 0.1) is 32.6 Å². The first-order valence-corrected chi connectivity index (χ1v) is 6.84. The minimum atomic E-state index is -0.410. The average molecular weight is 313 g/mol. The van der Waals surface area contributed by atoms with Gasteiger partial charge in [-0.3, -0.25) is 0 Å². The molecule has 0 unspecified atom stereocenters. The lowest BCUT2D eigenvalue weighted by Gasteiger charge is -2.08. The van der Waals surface area contributed by atoms with Crippen molar-refractivity contribution in [2.45, 2.75) is 0 Å². The predicted octanol–water partition coefficient (Wildman–Crippen LogP) is 2.22. The second-order valence-corrected chi connectivity index (χ2v) is 4.72. The van der Waals surface area contributed by atoms with E-state index in [4.69, 9.17) is 14.2 Å². The van der Waals surface area contributed by atoms with Crippen molar-refractivity contribution in [2.24, 2.45) is 0 Å². The van der Waals surface area contributed by atoms with E-state index in [-0.39, 0.29) is 0 Å². The molecule has 118 valence electrons. The zero-order valence-electron chi connectivity index (χ0n) is 12.9. The van der Waals surface area contributed by atoms with Crippen molar-refractivity contribution in [2.75, 3.05) is 21.3 Å². The number of esters is 1. The fraction of sp³-hybridized carbons (Fsp3) is 0.188. The maximum atomic E-state index is 11.6. The Morgan fingerprint density at radius 1 is 0.913 bits per heavy atom. The van der Waals surface area contributed by atoms with Crippen LogP contribution in [0.2, 0.25) is 0 Å². The molecule has 1 heterocycles. The molecule has 0 bridgehead atoms. The maximum Gasteiger partial charge on any atom is 0.337 e. The van der Waals surface area contributed by atoms with Gasteiger partial charge in [-0.25, -0.2) is 4.79 Å². The highest BCUT2D eigenvalue weighted by Gasteiger charge is 2.12. The number of hydrogen-bond donors (Lipinski definition) is 0. The minimum Gasteiger partial charge on any atom is -0.493 e. The van der Waals surface area contributed by atoms with Crippen molar-refractivity contribution >= 4 is 17.0 Å². The van der Waals surface area contributed by atoms with Crippen LogP contribution in [0.3, 0.4) is 0 Å². The van der Waals surface area contributed by atoms with Gasteiger partial charge in [0.2, 0.25) is 0 Å². The lowest BCUT2D eigenvalue weighted by atomic mass is 10.2. The van der Waals surface area contributed by atoms with E-state index in [1.807, 2.05) is 6.07 Å². The fourth-order valence-electron chi connectivity index (χ4n) is 2.22. The Morgan fingerprint density at radius 2 is 1.65 bits per heavy atom. The van der Waals surface area contributed by atoms with Gasteiger partial charge in [-0.1, -0.05) is 0 Å². The van der Waals surface area contributed by atoms with Gasteiger partial charge in [0.15, 0.2) is 11.5 Å². The molecule has 0 aliphatic heterocycles. The maximum absolute atomic E-state index is 11.6. The normalized spacial score (nSPS) is 10.6. The van der Waals surface area contributed by atoms with Gasteiger partial charge in [-0.05, 0) is 30.3 Å². The molecule has 0 aliphatic carbocycles. The second kappa shape index (κ2) is 5.96. The lowest BCUT2D eigenvalue weighted by molar-refractivity contribution is 0.0601. The molecule has 3 aromatic rings. The largest absolute Gasteiger partial charge is 0.493 e. The Balaban J connectivity index is 2.05. The van der Waals surface area contributed by atoms with Crippen molar-refractivity contribution in [3.8, 4) is 17.2 Å². The smallest absolute Gasteiger partial charge is 0.337 e.